The molecule has 0 amide bonds. The van der Waals surface area contributed by atoms with E-state index in [9.17, 15) is 0 Å². The second-order valence-electron chi connectivity index (χ2n) is 16.6. The molecule has 0 aliphatic heterocycles. The van der Waals surface area contributed by atoms with Crippen LogP contribution in [0.5, 0.6) is 11.5 Å². The fraction of sp³-hybridized carbons (Fsp3) is 0.333. The van der Waals surface area contributed by atoms with Gasteiger partial charge >= 0.3 is 0 Å². The van der Waals surface area contributed by atoms with Crippen LogP contribution in [-0.4, -0.2) is 19.3 Å². The maximum absolute atomic E-state index is 6.82. The van der Waals surface area contributed by atoms with Gasteiger partial charge in [0.15, 0.2) is 0 Å². The summed E-state index contributed by atoms with van der Waals surface area (Å²) in [5.41, 5.74) is 11.7. The highest BCUT2D eigenvalue weighted by molar-refractivity contribution is 6.09. The molecule has 2 atom stereocenters. The Morgan fingerprint density at radius 3 is 2.23 bits per heavy atom. The normalized spacial score (nSPS) is 13.3. The van der Waals surface area contributed by atoms with Crippen LogP contribution < -0.4 is 4.74 Å². The lowest BCUT2D eigenvalue weighted by Crippen LogP contribution is -2.22. The first-order valence-electron chi connectivity index (χ1n) is 19.2. The molecule has 0 saturated heterocycles. The molecular formula is C48H54N4O. The van der Waals surface area contributed by atoms with E-state index in [2.05, 4.69) is 176 Å². The van der Waals surface area contributed by atoms with Gasteiger partial charge in [-0.3, -0.25) is 4.57 Å². The number of hydrogen-bond acceptors (Lipinski definition) is 3. The maximum atomic E-state index is 6.82. The molecule has 5 heteroatoms. The van der Waals surface area contributed by atoms with Gasteiger partial charge in [0.2, 0.25) is 0 Å². The molecule has 7 aromatic rings. The van der Waals surface area contributed by atoms with Crippen molar-refractivity contribution in [1.29, 1.82) is 0 Å². The number of nitrogens with zero attached hydrogens (tertiary/aromatic N) is 4. The van der Waals surface area contributed by atoms with Crippen LogP contribution in [0.4, 0.5) is 0 Å². The van der Waals surface area contributed by atoms with Crippen molar-refractivity contribution in [3.63, 3.8) is 0 Å². The zero-order valence-corrected chi connectivity index (χ0v) is 33.2. The average Bonchev–Trinajstić information content (AvgIpc) is 3.61. The highest BCUT2D eigenvalue weighted by Gasteiger charge is 2.27. The van der Waals surface area contributed by atoms with Gasteiger partial charge in [0.1, 0.15) is 17.3 Å². The largest absolute Gasteiger partial charge is 0.457 e. The molecule has 5 nitrogen and oxygen atoms in total. The molecule has 0 spiro atoms. The van der Waals surface area contributed by atoms with E-state index in [-0.39, 0.29) is 5.41 Å². The third-order valence-corrected chi connectivity index (χ3v) is 11.3. The third kappa shape index (κ3) is 7.27. The van der Waals surface area contributed by atoms with Crippen LogP contribution in [0.1, 0.15) is 88.9 Å². The standard InChI is InChI=1S/C48H54N4O/c1-30(2)16-17-36-25-39(52-35(7)47(34(6)50-52)37-14-12-11-13-15-37)28-41(26-36)53-40-19-20-42-43-27-38(32(4)33(5)48(8,9)10)18-21-44(43)51(45(42)29-40)46-24-31(3)22-23-49-46/h11-15,18-30,32-33H,16-17H2,1-10H3. The van der Waals surface area contributed by atoms with Gasteiger partial charge in [0, 0.05) is 40.4 Å². The van der Waals surface area contributed by atoms with Crippen LogP contribution in [0, 0.1) is 38.0 Å². The summed E-state index contributed by atoms with van der Waals surface area (Å²) in [5.74, 6) is 4.03. The van der Waals surface area contributed by atoms with Gasteiger partial charge in [-0.25, -0.2) is 9.67 Å². The molecule has 0 N–H and O–H groups in total. The Kier molecular flexibility index (Phi) is 9.80. The fourth-order valence-corrected chi connectivity index (χ4v) is 7.77. The highest BCUT2D eigenvalue weighted by Crippen LogP contribution is 2.41. The van der Waals surface area contributed by atoms with E-state index in [1.165, 1.54) is 38.6 Å². The number of hydrogen-bond donors (Lipinski definition) is 0. The Balaban J connectivity index is 1.34. The average molecular weight is 703 g/mol. The SMILES string of the molecule is Cc1ccnc(-n2c3ccc(C(C)C(C)C(C)(C)C)cc3c3ccc(Oc4cc(CCC(C)C)cc(-n5nc(C)c(-c6ccccc6)c5C)c4)cc32)c1. The molecule has 0 bridgehead atoms. The minimum Gasteiger partial charge on any atom is -0.457 e. The Hall–Kier alpha value is -5.16. The van der Waals surface area contributed by atoms with Gasteiger partial charge in [-0.1, -0.05) is 84.9 Å². The van der Waals surface area contributed by atoms with Gasteiger partial charge in [-0.05, 0) is 128 Å². The Bertz CT molecular complexity index is 2410. The van der Waals surface area contributed by atoms with E-state index < -0.39 is 0 Å². The molecule has 0 saturated carbocycles. The van der Waals surface area contributed by atoms with E-state index >= 15 is 0 Å². The fourth-order valence-electron chi connectivity index (χ4n) is 7.77. The summed E-state index contributed by atoms with van der Waals surface area (Å²) < 4.78 is 11.2. The van der Waals surface area contributed by atoms with Crippen molar-refractivity contribution < 1.29 is 4.74 Å². The zero-order valence-electron chi connectivity index (χ0n) is 33.2. The first kappa shape index (κ1) is 36.2. The number of ether oxygens (including phenoxy) is 1. The summed E-state index contributed by atoms with van der Waals surface area (Å²) in [4.78, 5) is 4.86. The molecule has 0 aliphatic carbocycles. The summed E-state index contributed by atoms with van der Waals surface area (Å²) in [5, 5.41) is 7.48. The monoisotopic (exact) mass is 702 g/mol. The lowest BCUT2D eigenvalue weighted by atomic mass is 9.72. The van der Waals surface area contributed by atoms with Gasteiger partial charge < -0.3 is 4.74 Å². The Morgan fingerprint density at radius 2 is 1.51 bits per heavy atom. The predicted octanol–water partition coefficient (Wildman–Crippen LogP) is 13.1. The molecule has 7 rings (SSSR count). The van der Waals surface area contributed by atoms with Crippen LogP contribution in [0.2, 0.25) is 0 Å². The van der Waals surface area contributed by atoms with Gasteiger partial charge in [-0.15, -0.1) is 0 Å². The molecule has 53 heavy (non-hydrogen) atoms. The van der Waals surface area contributed by atoms with E-state index in [4.69, 9.17) is 14.8 Å². The molecule has 3 heterocycles. The van der Waals surface area contributed by atoms with Crippen molar-refractivity contribution >= 4 is 21.8 Å². The zero-order chi connectivity index (χ0) is 37.6. The van der Waals surface area contributed by atoms with Crippen LogP contribution in [-0.2, 0) is 6.42 Å². The molecule has 0 radical (unpaired) electrons. The number of rotatable bonds is 10. The van der Waals surface area contributed by atoms with E-state index in [1.54, 1.807) is 0 Å². The first-order valence-corrected chi connectivity index (χ1v) is 19.2. The summed E-state index contributed by atoms with van der Waals surface area (Å²) in [6, 6.07) is 34.8. The number of pyridine rings is 1. The van der Waals surface area contributed by atoms with E-state index in [1.807, 2.05) is 6.20 Å². The maximum Gasteiger partial charge on any atom is 0.137 e. The molecule has 3 aromatic heterocycles. The quantitative estimate of drug-likeness (QED) is 0.142. The molecule has 272 valence electrons. The predicted molar refractivity (Wildman–Crippen MR) is 222 cm³/mol. The van der Waals surface area contributed by atoms with Crippen molar-refractivity contribution in [1.82, 2.24) is 19.3 Å². The van der Waals surface area contributed by atoms with Crippen molar-refractivity contribution in [3.8, 4) is 34.1 Å². The first-order chi connectivity index (χ1) is 25.3. The van der Waals surface area contributed by atoms with E-state index in [0.29, 0.717) is 17.8 Å². The number of aryl methyl sites for hydroxylation is 3. The number of fused-ring (bicyclic) bond motifs is 3. The minimum absolute atomic E-state index is 0.213. The highest BCUT2D eigenvalue weighted by atomic mass is 16.5. The van der Waals surface area contributed by atoms with Crippen molar-refractivity contribution in [2.24, 2.45) is 17.3 Å². The molecular weight excluding hydrogens is 649 g/mol. The number of benzene rings is 4. The number of aromatic nitrogens is 4. The summed E-state index contributed by atoms with van der Waals surface area (Å²) in [7, 11) is 0. The Morgan fingerprint density at radius 1 is 0.736 bits per heavy atom. The third-order valence-electron chi connectivity index (χ3n) is 11.3. The summed E-state index contributed by atoms with van der Waals surface area (Å²) >= 11 is 0. The van der Waals surface area contributed by atoms with E-state index in [0.717, 1.165) is 58.3 Å². The summed E-state index contributed by atoms with van der Waals surface area (Å²) in [6.45, 7) is 22.7. The smallest absolute Gasteiger partial charge is 0.137 e. The molecule has 2 unspecified atom stereocenters. The lowest BCUT2D eigenvalue weighted by Gasteiger charge is -2.32. The molecule has 4 aromatic carbocycles. The van der Waals surface area contributed by atoms with Crippen molar-refractivity contribution in [2.75, 3.05) is 0 Å². The van der Waals surface area contributed by atoms with Crippen LogP contribution in [0.25, 0.3) is 44.4 Å². The Labute approximate surface area is 315 Å². The molecule has 0 fully saturated rings. The second-order valence-corrected chi connectivity index (χ2v) is 16.6. The van der Waals surface area contributed by atoms with Crippen LogP contribution in [0.3, 0.4) is 0 Å². The van der Waals surface area contributed by atoms with Gasteiger partial charge in [0.25, 0.3) is 0 Å². The molecule has 0 aliphatic rings. The van der Waals surface area contributed by atoms with Crippen molar-refractivity contribution in [2.45, 2.75) is 88.0 Å². The van der Waals surface area contributed by atoms with Crippen LogP contribution >= 0.6 is 0 Å². The topological polar surface area (TPSA) is 44.9 Å². The van der Waals surface area contributed by atoms with Gasteiger partial charge in [0.05, 0.1) is 22.4 Å². The lowest BCUT2D eigenvalue weighted by molar-refractivity contribution is 0.228. The minimum atomic E-state index is 0.213. The second kappa shape index (κ2) is 14.3. The summed E-state index contributed by atoms with van der Waals surface area (Å²) in [6.07, 6.45) is 3.96. The van der Waals surface area contributed by atoms with Crippen molar-refractivity contribution in [3.05, 3.63) is 131 Å². The van der Waals surface area contributed by atoms with Crippen LogP contribution in [0.15, 0.2) is 103 Å². The van der Waals surface area contributed by atoms with Gasteiger partial charge in [-0.2, -0.15) is 5.10 Å².